The molecular weight excluding hydrogens is 264 g/mol. The fraction of sp³-hybridized carbons (Fsp3) is 0.167. The van der Waals surface area contributed by atoms with Crippen molar-refractivity contribution in [3.8, 4) is 0 Å². The molecule has 0 aromatic carbocycles. The van der Waals surface area contributed by atoms with E-state index in [1.54, 1.807) is 12.1 Å². The molecule has 0 saturated heterocycles. The Morgan fingerprint density at radius 3 is 2.58 bits per heavy atom. The van der Waals surface area contributed by atoms with Gasteiger partial charge in [-0.3, -0.25) is 9.71 Å². The summed E-state index contributed by atoms with van der Waals surface area (Å²) in [5, 5.41) is 2.97. The summed E-state index contributed by atoms with van der Waals surface area (Å²) in [4.78, 5) is 8.03. The quantitative estimate of drug-likeness (QED) is 0.869. The molecule has 2 N–H and O–H groups in total. The zero-order valence-electron chi connectivity index (χ0n) is 10.4. The largest absolute Gasteiger partial charge is 0.370 e. The first-order valence-corrected chi connectivity index (χ1v) is 7.23. The van der Waals surface area contributed by atoms with Crippen LogP contribution in [0.2, 0.25) is 0 Å². The summed E-state index contributed by atoms with van der Waals surface area (Å²) >= 11 is 0. The van der Waals surface area contributed by atoms with Crippen LogP contribution < -0.4 is 10.0 Å². The molecule has 0 amide bonds. The number of anilines is 2. The van der Waals surface area contributed by atoms with Gasteiger partial charge in [0.15, 0.2) is 0 Å². The number of rotatable bonds is 5. The standard InChI is InChI=1S/C12H14N4O2S/c1-2-14-12-9-11(5-8-15-12)19(17,18)16-10-3-6-13-7-4-10/h3-9H,2H2,1H3,(H,13,16)(H,14,15). The van der Waals surface area contributed by atoms with Crippen LogP contribution in [0.15, 0.2) is 47.8 Å². The van der Waals surface area contributed by atoms with Gasteiger partial charge in [-0.1, -0.05) is 0 Å². The minimum absolute atomic E-state index is 0.162. The third-order valence-corrected chi connectivity index (χ3v) is 3.71. The Hall–Kier alpha value is -2.15. The molecule has 0 aliphatic rings. The zero-order valence-corrected chi connectivity index (χ0v) is 11.2. The van der Waals surface area contributed by atoms with E-state index in [0.29, 0.717) is 18.1 Å². The highest BCUT2D eigenvalue weighted by Crippen LogP contribution is 2.16. The van der Waals surface area contributed by atoms with Crippen LogP contribution in [0.4, 0.5) is 11.5 Å². The second-order valence-corrected chi connectivity index (χ2v) is 5.43. The lowest BCUT2D eigenvalue weighted by atomic mass is 10.4. The summed E-state index contributed by atoms with van der Waals surface area (Å²) in [5.41, 5.74) is 0.469. The van der Waals surface area contributed by atoms with Gasteiger partial charge in [-0.2, -0.15) is 0 Å². The fourth-order valence-electron chi connectivity index (χ4n) is 1.49. The van der Waals surface area contributed by atoms with E-state index in [1.807, 2.05) is 6.92 Å². The van der Waals surface area contributed by atoms with Crippen LogP contribution in [-0.2, 0) is 10.0 Å². The lowest BCUT2D eigenvalue weighted by Crippen LogP contribution is -2.13. The van der Waals surface area contributed by atoms with Crippen molar-refractivity contribution < 1.29 is 8.42 Å². The van der Waals surface area contributed by atoms with Crippen molar-refractivity contribution >= 4 is 21.5 Å². The van der Waals surface area contributed by atoms with E-state index in [0.717, 1.165) is 0 Å². The first kappa shape index (κ1) is 13.3. The van der Waals surface area contributed by atoms with E-state index >= 15 is 0 Å². The molecule has 0 bridgehead atoms. The van der Waals surface area contributed by atoms with Gasteiger partial charge in [0.25, 0.3) is 10.0 Å². The fourth-order valence-corrected chi connectivity index (χ4v) is 2.56. The Labute approximate surface area is 112 Å². The van der Waals surface area contributed by atoms with Gasteiger partial charge in [0.2, 0.25) is 0 Å². The second kappa shape index (κ2) is 5.66. The number of nitrogens with zero attached hydrogens (tertiary/aromatic N) is 2. The van der Waals surface area contributed by atoms with Crippen LogP contribution in [0.1, 0.15) is 6.92 Å². The molecule has 0 atom stereocenters. The molecule has 7 heteroatoms. The van der Waals surface area contributed by atoms with Crippen LogP contribution in [0, 0.1) is 0 Å². The summed E-state index contributed by atoms with van der Waals surface area (Å²) < 4.78 is 26.8. The van der Waals surface area contributed by atoms with E-state index in [9.17, 15) is 8.42 Å². The normalized spacial score (nSPS) is 11.0. The van der Waals surface area contributed by atoms with Gasteiger partial charge in [0.1, 0.15) is 5.82 Å². The molecule has 2 aromatic rings. The van der Waals surface area contributed by atoms with Gasteiger partial charge in [-0.15, -0.1) is 0 Å². The Morgan fingerprint density at radius 2 is 1.89 bits per heavy atom. The molecule has 0 aliphatic carbocycles. The van der Waals surface area contributed by atoms with Gasteiger partial charge >= 0.3 is 0 Å². The maximum atomic E-state index is 12.2. The minimum atomic E-state index is -3.61. The molecular formula is C12H14N4O2S. The molecule has 6 nitrogen and oxygen atoms in total. The number of sulfonamides is 1. The Bertz CT molecular complexity index is 644. The van der Waals surface area contributed by atoms with Crippen molar-refractivity contribution in [2.24, 2.45) is 0 Å². The highest BCUT2D eigenvalue weighted by Gasteiger charge is 2.14. The van der Waals surface area contributed by atoms with Crippen molar-refractivity contribution in [2.45, 2.75) is 11.8 Å². The molecule has 0 saturated carbocycles. The Morgan fingerprint density at radius 1 is 1.16 bits per heavy atom. The van der Waals surface area contributed by atoms with Crippen molar-refractivity contribution in [2.75, 3.05) is 16.6 Å². The summed E-state index contributed by atoms with van der Waals surface area (Å²) in [7, 11) is -3.61. The lowest BCUT2D eigenvalue weighted by Gasteiger charge is -2.09. The van der Waals surface area contributed by atoms with Crippen LogP contribution >= 0.6 is 0 Å². The number of hydrogen-bond donors (Lipinski definition) is 2. The summed E-state index contributed by atoms with van der Waals surface area (Å²) in [6, 6.07) is 6.12. The van der Waals surface area contributed by atoms with Crippen molar-refractivity contribution in [1.82, 2.24) is 9.97 Å². The molecule has 0 fully saturated rings. The molecule has 2 heterocycles. The van der Waals surface area contributed by atoms with Crippen molar-refractivity contribution in [1.29, 1.82) is 0 Å². The van der Waals surface area contributed by atoms with Gasteiger partial charge in [0, 0.05) is 31.2 Å². The number of hydrogen-bond acceptors (Lipinski definition) is 5. The molecule has 100 valence electrons. The molecule has 2 aromatic heterocycles. The minimum Gasteiger partial charge on any atom is -0.370 e. The average Bonchev–Trinajstić information content (AvgIpc) is 2.40. The van der Waals surface area contributed by atoms with Gasteiger partial charge in [-0.05, 0) is 25.1 Å². The van der Waals surface area contributed by atoms with E-state index in [4.69, 9.17) is 0 Å². The SMILES string of the molecule is CCNc1cc(S(=O)(=O)Nc2ccncc2)ccn1. The lowest BCUT2D eigenvalue weighted by molar-refractivity contribution is 0.601. The van der Waals surface area contributed by atoms with Crippen LogP contribution in [0.5, 0.6) is 0 Å². The zero-order chi connectivity index (χ0) is 13.7. The summed E-state index contributed by atoms with van der Waals surface area (Å²) in [6.07, 6.45) is 4.50. The van der Waals surface area contributed by atoms with E-state index in [2.05, 4.69) is 20.0 Å². The smallest absolute Gasteiger partial charge is 0.262 e. The molecule has 0 spiro atoms. The first-order chi connectivity index (χ1) is 9.12. The Kier molecular flexibility index (Phi) is 3.96. The average molecular weight is 278 g/mol. The predicted molar refractivity (Wildman–Crippen MR) is 73.4 cm³/mol. The highest BCUT2D eigenvalue weighted by atomic mass is 32.2. The summed E-state index contributed by atoms with van der Waals surface area (Å²) in [5.74, 6) is 0.528. The van der Waals surface area contributed by atoms with Gasteiger partial charge in [0.05, 0.1) is 10.6 Å². The Balaban J connectivity index is 2.27. The third kappa shape index (κ3) is 3.41. The highest BCUT2D eigenvalue weighted by molar-refractivity contribution is 7.92. The van der Waals surface area contributed by atoms with Gasteiger partial charge < -0.3 is 5.32 Å². The molecule has 0 aliphatic heterocycles. The van der Waals surface area contributed by atoms with Crippen LogP contribution in [0.25, 0.3) is 0 Å². The second-order valence-electron chi connectivity index (χ2n) is 3.75. The molecule has 0 unspecified atom stereocenters. The molecule has 19 heavy (non-hydrogen) atoms. The maximum absolute atomic E-state index is 12.2. The molecule has 0 radical (unpaired) electrons. The topological polar surface area (TPSA) is 84.0 Å². The predicted octanol–water partition coefficient (Wildman–Crippen LogP) is 1.71. The van der Waals surface area contributed by atoms with Crippen LogP contribution in [-0.4, -0.2) is 24.9 Å². The van der Waals surface area contributed by atoms with E-state index in [-0.39, 0.29) is 4.90 Å². The first-order valence-electron chi connectivity index (χ1n) is 5.74. The monoisotopic (exact) mass is 278 g/mol. The maximum Gasteiger partial charge on any atom is 0.262 e. The van der Waals surface area contributed by atoms with Gasteiger partial charge in [-0.25, -0.2) is 13.4 Å². The van der Waals surface area contributed by atoms with E-state index in [1.165, 1.54) is 30.7 Å². The summed E-state index contributed by atoms with van der Waals surface area (Å²) in [6.45, 7) is 2.59. The van der Waals surface area contributed by atoms with Crippen molar-refractivity contribution in [3.05, 3.63) is 42.9 Å². The number of pyridine rings is 2. The number of aromatic nitrogens is 2. The van der Waals surface area contributed by atoms with Crippen molar-refractivity contribution in [3.63, 3.8) is 0 Å². The van der Waals surface area contributed by atoms with Crippen LogP contribution in [0.3, 0.4) is 0 Å². The third-order valence-electron chi connectivity index (χ3n) is 2.33. The van der Waals surface area contributed by atoms with E-state index < -0.39 is 10.0 Å². The molecule has 2 rings (SSSR count). The number of nitrogens with one attached hydrogen (secondary N) is 2.